The fourth-order valence-electron chi connectivity index (χ4n) is 3.27. The summed E-state index contributed by atoms with van der Waals surface area (Å²) >= 11 is 1.52. The Bertz CT molecular complexity index is 754. The molecule has 138 valence electrons. The van der Waals surface area contributed by atoms with Gasteiger partial charge in [-0.2, -0.15) is 0 Å². The van der Waals surface area contributed by atoms with Crippen LogP contribution in [0.5, 0.6) is 0 Å². The Balaban J connectivity index is 1.62. The van der Waals surface area contributed by atoms with E-state index >= 15 is 0 Å². The van der Waals surface area contributed by atoms with Gasteiger partial charge < -0.3 is 14.2 Å². The molecule has 2 aliphatic rings. The number of hydrogen-bond donors (Lipinski definition) is 0. The van der Waals surface area contributed by atoms with E-state index in [2.05, 4.69) is 21.7 Å². The van der Waals surface area contributed by atoms with Crippen LogP contribution in [0.15, 0.2) is 35.5 Å². The fourth-order valence-corrected chi connectivity index (χ4v) is 4.46. The summed E-state index contributed by atoms with van der Waals surface area (Å²) in [7, 11) is 0. The summed E-state index contributed by atoms with van der Waals surface area (Å²) in [6.07, 6.45) is 2.38. The molecular formula is C19H24N4O2S. The van der Waals surface area contributed by atoms with Gasteiger partial charge in [0.25, 0.3) is 0 Å². The van der Waals surface area contributed by atoms with E-state index in [0.717, 1.165) is 23.1 Å². The van der Waals surface area contributed by atoms with Crippen LogP contribution < -0.4 is 0 Å². The van der Waals surface area contributed by atoms with Crippen LogP contribution in [0.2, 0.25) is 0 Å². The quantitative estimate of drug-likeness (QED) is 0.730. The molecule has 1 atom stereocenters. The van der Waals surface area contributed by atoms with Gasteiger partial charge in [-0.3, -0.25) is 4.79 Å². The molecule has 1 aliphatic carbocycles. The second-order valence-corrected chi connectivity index (χ2v) is 7.78. The van der Waals surface area contributed by atoms with Gasteiger partial charge in [-0.1, -0.05) is 42.1 Å². The normalized spacial score (nSPS) is 18.7. The molecule has 2 heterocycles. The van der Waals surface area contributed by atoms with Gasteiger partial charge in [0.1, 0.15) is 11.1 Å². The Labute approximate surface area is 157 Å². The predicted octanol–water partition coefficient (Wildman–Crippen LogP) is 2.87. The molecule has 2 fully saturated rings. The predicted molar refractivity (Wildman–Crippen MR) is 100 cm³/mol. The summed E-state index contributed by atoms with van der Waals surface area (Å²) in [4.78, 5) is 15.2. The highest BCUT2D eigenvalue weighted by molar-refractivity contribution is 8.00. The standard InChI is InChI=1S/C19H24N4O2S/c1-2-23-17(15-8-9-15)20-21-19(23)26-16(14-6-4-3-5-7-14)18(24)22-10-12-25-13-11-22/h3-7,15-16H,2,8-13H2,1H3. The minimum absolute atomic E-state index is 0.128. The maximum atomic E-state index is 13.2. The number of aromatic nitrogens is 3. The molecule has 1 unspecified atom stereocenters. The number of nitrogens with zero attached hydrogens (tertiary/aromatic N) is 4. The van der Waals surface area contributed by atoms with Crippen LogP contribution in [0, 0.1) is 0 Å². The molecule has 1 saturated carbocycles. The molecule has 1 saturated heterocycles. The molecule has 1 aliphatic heterocycles. The topological polar surface area (TPSA) is 60.2 Å². The number of ether oxygens (including phenoxy) is 1. The zero-order chi connectivity index (χ0) is 17.9. The number of hydrogen-bond acceptors (Lipinski definition) is 5. The van der Waals surface area contributed by atoms with Crippen LogP contribution in [-0.2, 0) is 16.1 Å². The summed E-state index contributed by atoms with van der Waals surface area (Å²) in [6, 6.07) is 9.98. The Morgan fingerprint density at radius 2 is 1.96 bits per heavy atom. The fraction of sp³-hybridized carbons (Fsp3) is 0.526. The number of carbonyl (C=O) groups excluding carboxylic acids is 1. The molecule has 2 aromatic rings. The third-order valence-corrected chi connectivity index (χ3v) is 6.10. The highest BCUT2D eigenvalue weighted by Crippen LogP contribution is 2.42. The molecule has 7 heteroatoms. The number of morpholine rings is 1. The zero-order valence-corrected chi connectivity index (χ0v) is 15.8. The monoisotopic (exact) mass is 372 g/mol. The summed E-state index contributed by atoms with van der Waals surface area (Å²) in [5.74, 6) is 1.74. The number of benzene rings is 1. The van der Waals surface area contributed by atoms with E-state index in [1.165, 1.54) is 24.6 Å². The third kappa shape index (κ3) is 3.64. The summed E-state index contributed by atoms with van der Waals surface area (Å²) in [6.45, 7) is 5.45. The number of carbonyl (C=O) groups is 1. The van der Waals surface area contributed by atoms with E-state index in [0.29, 0.717) is 32.2 Å². The Morgan fingerprint density at radius 1 is 1.23 bits per heavy atom. The van der Waals surface area contributed by atoms with Crippen molar-refractivity contribution >= 4 is 17.7 Å². The van der Waals surface area contributed by atoms with Gasteiger partial charge in [0.15, 0.2) is 5.16 Å². The van der Waals surface area contributed by atoms with Gasteiger partial charge in [0.05, 0.1) is 13.2 Å². The van der Waals surface area contributed by atoms with Crippen molar-refractivity contribution in [2.45, 2.75) is 42.6 Å². The van der Waals surface area contributed by atoms with Crippen molar-refractivity contribution in [3.63, 3.8) is 0 Å². The summed E-state index contributed by atoms with van der Waals surface area (Å²) in [5.41, 5.74) is 1.01. The van der Waals surface area contributed by atoms with E-state index in [-0.39, 0.29) is 11.2 Å². The van der Waals surface area contributed by atoms with Crippen LogP contribution in [0.1, 0.15) is 42.3 Å². The summed E-state index contributed by atoms with van der Waals surface area (Å²) < 4.78 is 7.57. The van der Waals surface area contributed by atoms with E-state index in [9.17, 15) is 4.79 Å². The summed E-state index contributed by atoms with van der Waals surface area (Å²) in [5, 5.41) is 9.36. The molecule has 4 rings (SSSR count). The maximum Gasteiger partial charge on any atom is 0.240 e. The number of thioether (sulfide) groups is 1. The minimum Gasteiger partial charge on any atom is -0.378 e. The van der Waals surface area contributed by atoms with Gasteiger partial charge in [-0.05, 0) is 25.3 Å². The first-order valence-electron chi connectivity index (χ1n) is 9.29. The van der Waals surface area contributed by atoms with Crippen LogP contribution >= 0.6 is 11.8 Å². The highest BCUT2D eigenvalue weighted by atomic mass is 32.2. The Morgan fingerprint density at radius 3 is 2.62 bits per heavy atom. The smallest absolute Gasteiger partial charge is 0.240 e. The highest BCUT2D eigenvalue weighted by Gasteiger charge is 2.33. The van der Waals surface area contributed by atoms with Crippen molar-refractivity contribution in [1.29, 1.82) is 0 Å². The van der Waals surface area contributed by atoms with E-state index < -0.39 is 0 Å². The second kappa shape index (κ2) is 7.80. The lowest BCUT2D eigenvalue weighted by Gasteiger charge is -2.30. The molecule has 0 spiro atoms. The van der Waals surface area contributed by atoms with Gasteiger partial charge in [-0.25, -0.2) is 0 Å². The van der Waals surface area contributed by atoms with Crippen molar-refractivity contribution in [3.05, 3.63) is 41.7 Å². The van der Waals surface area contributed by atoms with Crippen LogP contribution in [0.25, 0.3) is 0 Å². The lowest BCUT2D eigenvalue weighted by Crippen LogP contribution is -2.42. The first kappa shape index (κ1) is 17.5. The third-order valence-electron chi connectivity index (χ3n) is 4.88. The van der Waals surface area contributed by atoms with Crippen molar-refractivity contribution in [3.8, 4) is 0 Å². The van der Waals surface area contributed by atoms with Gasteiger partial charge in [0, 0.05) is 25.6 Å². The molecule has 0 bridgehead atoms. The molecule has 26 heavy (non-hydrogen) atoms. The van der Waals surface area contributed by atoms with E-state index in [1.807, 2.05) is 35.2 Å². The second-order valence-electron chi connectivity index (χ2n) is 6.71. The van der Waals surface area contributed by atoms with Crippen LogP contribution in [0.3, 0.4) is 0 Å². The van der Waals surface area contributed by atoms with Crippen LogP contribution in [-0.4, -0.2) is 51.9 Å². The first-order chi connectivity index (χ1) is 12.8. The van der Waals surface area contributed by atoms with Gasteiger partial charge >= 0.3 is 0 Å². The first-order valence-corrected chi connectivity index (χ1v) is 10.2. The number of rotatable bonds is 6. The van der Waals surface area contributed by atoms with Crippen molar-refractivity contribution in [2.24, 2.45) is 0 Å². The van der Waals surface area contributed by atoms with E-state index in [4.69, 9.17) is 4.74 Å². The lowest BCUT2D eigenvalue weighted by molar-refractivity contribution is -0.134. The van der Waals surface area contributed by atoms with E-state index in [1.54, 1.807) is 0 Å². The minimum atomic E-state index is -0.309. The number of amides is 1. The van der Waals surface area contributed by atoms with Crippen molar-refractivity contribution in [2.75, 3.05) is 26.3 Å². The van der Waals surface area contributed by atoms with Crippen molar-refractivity contribution in [1.82, 2.24) is 19.7 Å². The molecular weight excluding hydrogens is 348 g/mol. The van der Waals surface area contributed by atoms with Crippen LogP contribution in [0.4, 0.5) is 0 Å². The molecule has 0 radical (unpaired) electrons. The Kier molecular flexibility index (Phi) is 5.26. The molecule has 0 N–H and O–H groups in total. The average Bonchev–Trinajstić information content (AvgIpc) is 3.47. The molecule has 1 aromatic heterocycles. The van der Waals surface area contributed by atoms with Crippen molar-refractivity contribution < 1.29 is 9.53 Å². The average molecular weight is 372 g/mol. The largest absolute Gasteiger partial charge is 0.378 e. The zero-order valence-electron chi connectivity index (χ0n) is 15.0. The molecule has 1 aromatic carbocycles. The molecule has 1 amide bonds. The van der Waals surface area contributed by atoms with Gasteiger partial charge in [0.2, 0.25) is 5.91 Å². The molecule has 6 nitrogen and oxygen atoms in total. The van der Waals surface area contributed by atoms with Gasteiger partial charge in [-0.15, -0.1) is 10.2 Å². The maximum absolute atomic E-state index is 13.2. The Hall–Kier alpha value is -1.86. The SMILES string of the molecule is CCn1c(SC(C(=O)N2CCOCC2)c2ccccc2)nnc1C1CC1. The lowest BCUT2D eigenvalue weighted by atomic mass is 10.1.